The van der Waals surface area contributed by atoms with E-state index in [-0.39, 0.29) is 0 Å². The summed E-state index contributed by atoms with van der Waals surface area (Å²) in [6, 6.07) is 1.85. The van der Waals surface area contributed by atoms with Crippen molar-refractivity contribution in [3.8, 4) is 0 Å². The normalized spacial score (nSPS) is 10.8. The molecule has 0 aliphatic carbocycles. The molecule has 2 heterocycles. The van der Waals surface area contributed by atoms with E-state index in [1.807, 2.05) is 6.07 Å². The summed E-state index contributed by atoms with van der Waals surface area (Å²) in [4.78, 5) is 0. The minimum Gasteiger partial charge on any atom is -0.445 e. The minimum absolute atomic E-state index is 0.641. The van der Waals surface area contributed by atoms with Gasteiger partial charge in [-0.05, 0) is 22.0 Å². The average Bonchev–Trinajstić information content (AvgIpc) is 2.35. The van der Waals surface area contributed by atoms with Gasteiger partial charge in [-0.25, -0.2) is 0 Å². The lowest BCUT2D eigenvalue weighted by molar-refractivity contribution is 0.599. The first-order valence-corrected chi connectivity index (χ1v) is 3.24. The molecule has 0 bridgehead atoms. The summed E-state index contributed by atoms with van der Waals surface area (Å²) in [5.41, 5.74) is 0.641. The number of halogens is 1. The van der Waals surface area contributed by atoms with Crippen LogP contribution >= 0.6 is 15.9 Å². The number of aromatic amines is 1. The Bertz CT molecular complexity index is 324. The van der Waals surface area contributed by atoms with E-state index in [1.54, 1.807) is 6.26 Å². The van der Waals surface area contributed by atoms with Crippen LogP contribution < -0.4 is 0 Å². The van der Waals surface area contributed by atoms with Crippen LogP contribution in [0.5, 0.6) is 0 Å². The van der Waals surface area contributed by atoms with Crippen molar-refractivity contribution < 1.29 is 4.42 Å². The fraction of sp³-hybridized carbons (Fsp3) is 0. The summed E-state index contributed by atoms with van der Waals surface area (Å²) in [7, 11) is 0. The zero-order chi connectivity index (χ0) is 6.27. The predicted molar refractivity (Wildman–Crippen MR) is 36.1 cm³/mol. The Morgan fingerprint density at radius 2 is 2.56 bits per heavy atom. The molecule has 0 spiro atoms. The van der Waals surface area contributed by atoms with Gasteiger partial charge in [0, 0.05) is 0 Å². The highest BCUT2D eigenvalue weighted by Crippen LogP contribution is 2.20. The van der Waals surface area contributed by atoms with E-state index in [0.29, 0.717) is 5.71 Å². The van der Waals surface area contributed by atoms with E-state index in [4.69, 9.17) is 4.42 Å². The van der Waals surface area contributed by atoms with Gasteiger partial charge in [-0.3, -0.25) is 5.10 Å². The van der Waals surface area contributed by atoms with Crippen molar-refractivity contribution in [3.63, 3.8) is 0 Å². The lowest BCUT2D eigenvalue weighted by atomic mass is 10.5. The molecular formula is C5H3BrN2O. The molecule has 2 aromatic rings. The van der Waals surface area contributed by atoms with Crippen molar-refractivity contribution in [2.24, 2.45) is 0 Å². The largest absolute Gasteiger partial charge is 0.445 e. The van der Waals surface area contributed by atoms with Crippen LogP contribution in [0.15, 0.2) is 21.3 Å². The van der Waals surface area contributed by atoms with Crippen molar-refractivity contribution in [3.05, 3.63) is 16.9 Å². The smallest absolute Gasteiger partial charge is 0.246 e. The highest BCUT2D eigenvalue weighted by atomic mass is 79.9. The van der Waals surface area contributed by atoms with Crippen molar-refractivity contribution >= 4 is 27.0 Å². The van der Waals surface area contributed by atoms with Crippen LogP contribution in [0.2, 0.25) is 0 Å². The molecular weight excluding hydrogens is 184 g/mol. The highest BCUT2D eigenvalue weighted by molar-refractivity contribution is 9.10. The summed E-state index contributed by atoms with van der Waals surface area (Å²) in [6.07, 6.45) is 1.61. The number of nitrogens with one attached hydrogen (secondary N) is 1. The van der Waals surface area contributed by atoms with Crippen LogP contribution in [0.3, 0.4) is 0 Å². The second-order valence-corrected chi connectivity index (χ2v) is 2.47. The molecule has 0 atom stereocenters. The number of fused-ring (bicyclic) bond motifs is 1. The van der Waals surface area contributed by atoms with E-state index < -0.39 is 0 Å². The minimum atomic E-state index is 0.641. The zero-order valence-corrected chi connectivity index (χ0v) is 5.97. The molecule has 9 heavy (non-hydrogen) atoms. The maximum Gasteiger partial charge on any atom is 0.246 e. The maximum absolute atomic E-state index is 4.97. The molecule has 0 aliphatic rings. The summed E-state index contributed by atoms with van der Waals surface area (Å²) in [6.45, 7) is 0. The molecule has 0 fully saturated rings. The monoisotopic (exact) mass is 186 g/mol. The van der Waals surface area contributed by atoms with E-state index in [1.165, 1.54) is 0 Å². The SMILES string of the molecule is Brc1[nH]nc2occc12. The number of aromatic nitrogens is 2. The van der Waals surface area contributed by atoms with Gasteiger partial charge in [-0.15, -0.1) is 5.10 Å². The lowest BCUT2D eigenvalue weighted by Crippen LogP contribution is -1.62. The summed E-state index contributed by atoms with van der Waals surface area (Å²) >= 11 is 3.27. The summed E-state index contributed by atoms with van der Waals surface area (Å²) in [5, 5.41) is 7.55. The molecule has 3 nitrogen and oxygen atoms in total. The molecule has 4 heteroatoms. The lowest BCUT2D eigenvalue weighted by Gasteiger charge is -1.70. The number of H-pyrrole nitrogens is 1. The van der Waals surface area contributed by atoms with Gasteiger partial charge in [-0.1, -0.05) is 0 Å². The fourth-order valence-corrected chi connectivity index (χ4v) is 1.11. The second kappa shape index (κ2) is 1.60. The molecule has 0 aromatic carbocycles. The second-order valence-electron chi connectivity index (χ2n) is 1.68. The first-order chi connectivity index (χ1) is 4.38. The van der Waals surface area contributed by atoms with Gasteiger partial charge in [0.05, 0.1) is 11.6 Å². The number of rotatable bonds is 0. The Balaban J connectivity index is 2.99. The van der Waals surface area contributed by atoms with Crippen molar-refractivity contribution in [2.45, 2.75) is 0 Å². The number of hydrogen-bond donors (Lipinski definition) is 1. The quantitative estimate of drug-likeness (QED) is 0.684. The molecule has 0 aliphatic heterocycles. The highest BCUT2D eigenvalue weighted by Gasteiger charge is 2.02. The molecule has 1 N–H and O–H groups in total. The van der Waals surface area contributed by atoms with Gasteiger partial charge >= 0.3 is 0 Å². The molecule has 46 valence electrons. The van der Waals surface area contributed by atoms with Gasteiger partial charge in [0.15, 0.2) is 0 Å². The predicted octanol–water partition coefficient (Wildman–Crippen LogP) is 1.92. The molecule has 0 unspecified atom stereocenters. The Kier molecular flexibility index (Phi) is 0.900. The molecule has 0 amide bonds. The number of furan rings is 1. The Hall–Kier alpha value is -0.770. The zero-order valence-electron chi connectivity index (χ0n) is 4.39. The van der Waals surface area contributed by atoms with Gasteiger partial charge in [0.2, 0.25) is 5.71 Å². The van der Waals surface area contributed by atoms with Gasteiger partial charge < -0.3 is 4.42 Å². The number of hydrogen-bond acceptors (Lipinski definition) is 2. The molecule has 0 saturated heterocycles. The van der Waals surface area contributed by atoms with Crippen LogP contribution in [0.25, 0.3) is 11.1 Å². The molecule has 2 rings (SSSR count). The van der Waals surface area contributed by atoms with E-state index in [0.717, 1.165) is 9.99 Å². The summed E-state index contributed by atoms with van der Waals surface area (Å²) in [5.74, 6) is 0. The average molecular weight is 187 g/mol. The number of nitrogens with zero attached hydrogens (tertiary/aromatic N) is 1. The maximum atomic E-state index is 4.97. The van der Waals surface area contributed by atoms with Crippen LogP contribution in [-0.2, 0) is 0 Å². The molecule has 0 radical (unpaired) electrons. The third-order valence-electron chi connectivity index (χ3n) is 1.14. The summed E-state index contributed by atoms with van der Waals surface area (Å²) < 4.78 is 5.83. The van der Waals surface area contributed by atoms with Gasteiger partial charge in [0.1, 0.15) is 4.60 Å². The topological polar surface area (TPSA) is 41.8 Å². The first kappa shape index (κ1) is 5.05. The molecule has 2 aromatic heterocycles. The van der Waals surface area contributed by atoms with E-state index >= 15 is 0 Å². The van der Waals surface area contributed by atoms with Crippen molar-refractivity contribution in [1.29, 1.82) is 0 Å². The first-order valence-electron chi connectivity index (χ1n) is 2.45. The molecule has 0 saturated carbocycles. The van der Waals surface area contributed by atoms with Crippen LogP contribution in [0.1, 0.15) is 0 Å². The third kappa shape index (κ3) is 0.595. The van der Waals surface area contributed by atoms with E-state index in [9.17, 15) is 0 Å². The van der Waals surface area contributed by atoms with E-state index in [2.05, 4.69) is 26.1 Å². The van der Waals surface area contributed by atoms with Gasteiger partial charge in [0.25, 0.3) is 0 Å². The van der Waals surface area contributed by atoms with Crippen LogP contribution in [0, 0.1) is 0 Å². The van der Waals surface area contributed by atoms with Crippen LogP contribution in [0.4, 0.5) is 0 Å². The Morgan fingerprint density at radius 3 is 3.33 bits per heavy atom. The third-order valence-corrected chi connectivity index (χ3v) is 1.74. The van der Waals surface area contributed by atoms with Gasteiger partial charge in [-0.2, -0.15) is 0 Å². The Labute approximate surface area is 59.2 Å². The standard InChI is InChI=1S/C5H3BrN2O/c6-4-3-1-2-9-5(3)8-7-4/h1-2H,(H,7,8). The van der Waals surface area contributed by atoms with Crippen LogP contribution in [-0.4, -0.2) is 10.2 Å². The fourth-order valence-electron chi connectivity index (χ4n) is 0.715. The van der Waals surface area contributed by atoms with Crippen molar-refractivity contribution in [2.75, 3.05) is 0 Å². The van der Waals surface area contributed by atoms with Crippen molar-refractivity contribution in [1.82, 2.24) is 10.2 Å². The Morgan fingerprint density at radius 1 is 1.67 bits per heavy atom.